The van der Waals surface area contributed by atoms with Crippen LogP contribution in [0.1, 0.15) is 42.5 Å². The van der Waals surface area contributed by atoms with Gasteiger partial charge in [0.05, 0.1) is 11.7 Å². The number of aryl methyl sites for hydroxylation is 3. The van der Waals surface area contributed by atoms with Crippen LogP contribution in [-0.4, -0.2) is 6.04 Å². The van der Waals surface area contributed by atoms with Gasteiger partial charge in [-0.15, -0.1) is 0 Å². The van der Waals surface area contributed by atoms with Crippen molar-refractivity contribution in [3.05, 3.63) is 211 Å². The van der Waals surface area contributed by atoms with Crippen molar-refractivity contribution < 1.29 is 0 Å². The SMILES string of the molecule is C=C/C=C\C=C(/C)N(c1ccccc1)C1C=CC(c2cc(C)c(-c3c(CC)cc(N(c4ccccc4)c4ccccc4)c4ccccc34)cc2C)=CC1. The van der Waals surface area contributed by atoms with E-state index in [0.717, 1.165) is 24.2 Å². The highest BCUT2D eigenvalue weighted by atomic mass is 15.2. The molecule has 0 fully saturated rings. The number of benzene rings is 6. The molecule has 1 atom stereocenters. The molecule has 6 aromatic carbocycles. The van der Waals surface area contributed by atoms with Crippen molar-refractivity contribution in [2.24, 2.45) is 0 Å². The molecule has 0 saturated heterocycles. The molecule has 0 spiro atoms. The molecular weight excluding hydrogens is 641 g/mol. The Kier molecular flexibility index (Phi) is 10.7. The predicted molar refractivity (Wildman–Crippen MR) is 230 cm³/mol. The smallest absolute Gasteiger partial charge is 0.0557 e. The van der Waals surface area contributed by atoms with Gasteiger partial charge in [-0.25, -0.2) is 0 Å². The van der Waals surface area contributed by atoms with Gasteiger partial charge in [-0.2, -0.15) is 0 Å². The maximum Gasteiger partial charge on any atom is 0.0557 e. The van der Waals surface area contributed by atoms with Crippen molar-refractivity contribution in [3.63, 3.8) is 0 Å². The predicted octanol–water partition coefficient (Wildman–Crippen LogP) is 14.0. The molecule has 53 heavy (non-hydrogen) atoms. The zero-order valence-corrected chi connectivity index (χ0v) is 31.3. The quantitative estimate of drug-likeness (QED) is 0.125. The Morgan fingerprint density at radius 2 is 1.26 bits per heavy atom. The average Bonchev–Trinajstić information content (AvgIpc) is 3.20. The van der Waals surface area contributed by atoms with Gasteiger partial charge in [0.1, 0.15) is 0 Å². The summed E-state index contributed by atoms with van der Waals surface area (Å²) in [5.41, 5.74) is 15.0. The lowest BCUT2D eigenvalue weighted by Gasteiger charge is -2.34. The number of para-hydroxylation sites is 3. The standard InChI is InChI=1S/C51H48N2/c1-6-8-12-21-39(5)52(42-22-13-9-14-23-42)45-32-30-41(31-33-45)48-34-38(4)49(35-37(48)3)51-40(7-2)36-50(46-28-19-20-29-47(46)51)53(43-24-15-10-16-25-43)44-26-17-11-18-27-44/h6,8-32,34-36,45H,1,7,33H2,2-5H3/b12-8-,39-21+. The van der Waals surface area contributed by atoms with Gasteiger partial charge in [0, 0.05) is 28.1 Å². The van der Waals surface area contributed by atoms with E-state index in [0.29, 0.717) is 0 Å². The molecule has 1 aliphatic rings. The number of nitrogens with zero attached hydrogens (tertiary/aromatic N) is 2. The lowest BCUT2D eigenvalue weighted by atomic mass is 9.85. The number of hydrogen-bond acceptors (Lipinski definition) is 2. The van der Waals surface area contributed by atoms with Crippen LogP contribution in [0.25, 0.3) is 27.5 Å². The van der Waals surface area contributed by atoms with Gasteiger partial charge in [-0.1, -0.05) is 141 Å². The van der Waals surface area contributed by atoms with E-state index in [2.05, 4.69) is 208 Å². The second-order valence-electron chi connectivity index (χ2n) is 13.8. The van der Waals surface area contributed by atoms with E-state index in [1.54, 1.807) is 0 Å². The summed E-state index contributed by atoms with van der Waals surface area (Å²) in [4.78, 5) is 4.83. The summed E-state index contributed by atoms with van der Waals surface area (Å²) in [5, 5.41) is 2.52. The molecule has 0 bridgehead atoms. The van der Waals surface area contributed by atoms with Crippen LogP contribution < -0.4 is 9.80 Å². The van der Waals surface area contributed by atoms with Crippen LogP contribution in [0.15, 0.2) is 188 Å². The fourth-order valence-electron chi connectivity index (χ4n) is 7.77. The summed E-state index contributed by atoms with van der Waals surface area (Å²) in [5.74, 6) is 0. The van der Waals surface area contributed by atoms with E-state index >= 15 is 0 Å². The van der Waals surface area contributed by atoms with E-state index in [4.69, 9.17) is 0 Å². The molecule has 7 rings (SSSR count). The minimum absolute atomic E-state index is 0.221. The van der Waals surface area contributed by atoms with E-state index in [9.17, 15) is 0 Å². The Balaban J connectivity index is 1.27. The molecule has 0 aliphatic heterocycles. The summed E-state index contributed by atoms with van der Waals surface area (Å²) in [6, 6.07) is 48.5. The lowest BCUT2D eigenvalue weighted by molar-refractivity contribution is 0.754. The van der Waals surface area contributed by atoms with Crippen molar-refractivity contribution in [2.45, 2.75) is 46.6 Å². The van der Waals surface area contributed by atoms with Crippen LogP contribution in [0, 0.1) is 13.8 Å². The van der Waals surface area contributed by atoms with Crippen LogP contribution in [0.4, 0.5) is 22.7 Å². The van der Waals surface area contributed by atoms with Gasteiger partial charge in [0.2, 0.25) is 0 Å². The van der Waals surface area contributed by atoms with Gasteiger partial charge in [-0.3, -0.25) is 0 Å². The maximum absolute atomic E-state index is 3.83. The molecule has 0 heterocycles. The normalized spacial score (nSPS) is 14.4. The second kappa shape index (κ2) is 16.0. The third-order valence-corrected chi connectivity index (χ3v) is 10.3. The van der Waals surface area contributed by atoms with Crippen LogP contribution in [0.2, 0.25) is 0 Å². The first-order chi connectivity index (χ1) is 26.0. The van der Waals surface area contributed by atoms with Crippen LogP contribution in [0.3, 0.4) is 0 Å². The summed E-state index contributed by atoms with van der Waals surface area (Å²) in [7, 11) is 0. The number of anilines is 4. The Morgan fingerprint density at radius 1 is 0.698 bits per heavy atom. The largest absolute Gasteiger partial charge is 0.338 e. The first kappa shape index (κ1) is 35.3. The van der Waals surface area contributed by atoms with Crippen LogP contribution in [0.5, 0.6) is 0 Å². The molecule has 0 N–H and O–H groups in total. The molecular formula is C51H48N2. The highest BCUT2D eigenvalue weighted by Gasteiger charge is 2.23. The van der Waals surface area contributed by atoms with Crippen molar-refractivity contribution in [1.82, 2.24) is 0 Å². The zero-order chi connectivity index (χ0) is 36.7. The molecule has 2 heteroatoms. The van der Waals surface area contributed by atoms with E-state index in [-0.39, 0.29) is 6.04 Å². The van der Waals surface area contributed by atoms with E-state index in [1.165, 1.54) is 66.8 Å². The number of fused-ring (bicyclic) bond motifs is 1. The third-order valence-electron chi connectivity index (χ3n) is 10.3. The summed E-state index contributed by atoms with van der Waals surface area (Å²) in [6.45, 7) is 12.8. The van der Waals surface area contributed by atoms with Crippen LogP contribution in [-0.2, 0) is 6.42 Å². The summed E-state index contributed by atoms with van der Waals surface area (Å²) in [6.07, 6.45) is 17.0. The molecule has 262 valence electrons. The lowest BCUT2D eigenvalue weighted by Crippen LogP contribution is -2.32. The summed E-state index contributed by atoms with van der Waals surface area (Å²) >= 11 is 0. The minimum Gasteiger partial charge on any atom is -0.338 e. The number of allylic oxidation sites excluding steroid dienone is 7. The van der Waals surface area contributed by atoms with Gasteiger partial charge in [0.15, 0.2) is 0 Å². The molecule has 0 amide bonds. The van der Waals surface area contributed by atoms with Gasteiger partial charge in [-0.05, 0) is 126 Å². The van der Waals surface area contributed by atoms with Crippen molar-refractivity contribution in [2.75, 3.05) is 9.80 Å². The Bertz CT molecular complexity index is 2300. The topological polar surface area (TPSA) is 6.48 Å². The monoisotopic (exact) mass is 688 g/mol. The van der Waals surface area contributed by atoms with Crippen molar-refractivity contribution >= 4 is 39.1 Å². The Labute approximate surface area is 316 Å². The van der Waals surface area contributed by atoms with Crippen molar-refractivity contribution in [3.8, 4) is 11.1 Å². The molecule has 1 aliphatic carbocycles. The van der Waals surface area contributed by atoms with Crippen LogP contribution >= 0.6 is 0 Å². The summed E-state index contributed by atoms with van der Waals surface area (Å²) < 4.78 is 0. The highest BCUT2D eigenvalue weighted by Crippen LogP contribution is 2.45. The van der Waals surface area contributed by atoms with E-state index in [1.807, 2.05) is 12.2 Å². The Morgan fingerprint density at radius 3 is 1.85 bits per heavy atom. The van der Waals surface area contributed by atoms with Crippen molar-refractivity contribution in [1.29, 1.82) is 0 Å². The minimum atomic E-state index is 0.221. The number of hydrogen-bond donors (Lipinski definition) is 0. The van der Waals surface area contributed by atoms with E-state index < -0.39 is 0 Å². The third kappa shape index (κ3) is 7.32. The van der Waals surface area contributed by atoms with Gasteiger partial charge < -0.3 is 9.80 Å². The maximum atomic E-state index is 3.83. The molecule has 0 saturated carbocycles. The first-order valence-electron chi connectivity index (χ1n) is 18.7. The molecule has 2 nitrogen and oxygen atoms in total. The molecule has 6 aromatic rings. The average molecular weight is 689 g/mol. The highest BCUT2D eigenvalue weighted by molar-refractivity contribution is 6.08. The van der Waals surface area contributed by atoms with Gasteiger partial charge >= 0.3 is 0 Å². The van der Waals surface area contributed by atoms with Gasteiger partial charge in [0.25, 0.3) is 0 Å². The molecule has 0 radical (unpaired) electrons. The number of rotatable bonds is 11. The molecule has 1 unspecified atom stereocenters. The first-order valence-corrected chi connectivity index (χ1v) is 18.7. The fraction of sp³-hybridized carbons (Fsp3) is 0.137. The zero-order valence-electron chi connectivity index (χ0n) is 31.3. The second-order valence-corrected chi connectivity index (χ2v) is 13.8. The Hall–Kier alpha value is -6.12. The molecule has 0 aromatic heterocycles. The fourth-order valence-corrected chi connectivity index (χ4v) is 7.77.